The number of carboxylic acids is 1. The Morgan fingerprint density at radius 1 is 1.23 bits per heavy atom. The normalized spacial score (nSPS) is 5.31. The lowest BCUT2D eigenvalue weighted by molar-refractivity contribution is -0.134. The van der Waals surface area contributed by atoms with Gasteiger partial charge in [0.05, 0.1) is 0 Å². The molecule has 0 aliphatic heterocycles. The lowest BCUT2D eigenvalue weighted by Crippen LogP contribution is -1.78. The number of methoxy groups -OCH3 is 1. The molecule has 0 rings (SSSR count). The smallest absolute Gasteiger partial charge is 0.300 e. The van der Waals surface area contributed by atoms with E-state index >= 15 is 0 Å². The molecule has 0 fully saturated rings. The van der Waals surface area contributed by atoms with E-state index in [1.807, 2.05) is 13.8 Å². The van der Waals surface area contributed by atoms with Gasteiger partial charge in [0.2, 0.25) is 0 Å². The maximum absolute atomic E-state index is 9.00. The Bertz CT molecular complexity index is 88.3. The van der Waals surface area contributed by atoms with E-state index < -0.39 is 5.97 Å². The Labute approximate surface area is 81.7 Å². The van der Waals surface area contributed by atoms with Gasteiger partial charge in [-0.1, -0.05) is 12.2 Å². The molecule has 0 spiro atoms. The van der Waals surface area contributed by atoms with Crippen LogP contribution in [0.4, 0.5) is 0 Å². The Morgan fingerprint density at radius 2 is 1.23 bits per heavy atom. The first-order chi connectivity index (χ1) is 5.97. The van der Waals surface area contributed by atoms with Gasteiger partial charge < -0.3 is 9.84 Å². The lowest BCUT2D eigenvalue weighted by Gasteiger charge is -1.61. The van der Waals surface area contributed by atoms with E-state index in [9.17, 15) is 0 Å². The van der Waals surface area contributed by atoms with Crippen molar-refractivity contribution in [2.45, 2.75) is 20.8 Å². The molecule has 13 heavy (non-hydrogen) atoms. The van der Waals surface area contributed by atoms with Gasteiger partial charge in [-0.25, -0.2) is 0 Å². The summed E-state index contributed by atoms with van der Waals surface area (Å²) < 4.78 is 4.25. The maximum atomic E-state index is 9.00. The second-order valence-electron chi connectivity index (χ2n) is 1.74. The summed E-state index contributed by atoms with van der Waals surface area (Å²) in [6.45, 7) is 11.6. The molecule has 3 heteroatoms. The summed E-state index contributed by atoms with van der Waals surface area (Å²) in [6, 6.07) is 0. The number of ether oxygens (including phenoxy) is 1. The van der Waals surface area contributed by atoms with Crippen LogP contribution in [-0.4, -0.2) is 25.3 Å². The van der Waals surface area contributed by atoms with Crippen molar-refractivity contribution in [3.8, 4) is 0 Å². The van der Waals surface area contributed by atoms with Crippen LogP contribution in [0.3, 0.4) is 0 Å². The molecule has 0 aromatic heterocycles. The molecule has 0 aromatic rings. The monoisotopic (exact) mass is 190 g/mol. The molecule has 0 amide bonds. The molecule has 80 valence electrons. The summed E-state index contributed by atoms with van der Waals surface area (Å²) in [5.41, 5.74) is 0. The largest absolute Gasteiger partial charge is 0.481 e. The fraction of sp³-hybridized carbons (Fsp3) is 0.500. The molecule has 0 saturated carbocycles. The summed E-state index contributed by atoms with van der Waals surface area (Å²) in [6.07, 6.45) is 3.50. The number of rotatable bonds is 0. The molecular weight excluding hydrogens is 168 g/mol. The molecule has 1 N–H and O–H groups in total. The SMILES string of the molecule is C=CC.C=CC.CC(=O)O.COC. The van der Waals surface area contributed by atoms with Crippen molar-refractivity contribution in [2.24, 2.45) is 0 Å². The van der Waals surface area contributed by atoms with Crippen LogP contribution in [0.25, 0.3) is 0 Å². The number of hydrogen-bond donors (Lipinski definition) is 1. The van der Waals surface area contributed by atoms with Crippen LogP contribution >= 0.6 is 0 Å². The average molecular weight is 190 g/mol. The molecule has 0 saturated heterocycles. The maximum Gasteiger partial charge on any atom is 0.300 e. The Hall–Kier alpha value is -1.09. The molecule has 0 radical (unpaired) electrons. The number of aliphatic carboxylic acids is 1. The van der Waals surface area contributed by atoms with Gasteiger partial charge in [0, 0.05) is 21.1 Å². The lowest BCUT2D eigenvalue weighted by atomic mass is 10.8. The molecular formula is C10H22O3. The highest BCUT2D eigenvalue weighted by Crippen LogP contribution is 1.42. The van der Waals surface area contributed by atoms with Crippen LogP contribution < -0.4 is 0 Å². The van der Waals surface area contributed by atoms with E-state index in [4.69, 9.17) is 9.90 Å². The molecule has 0 bridgehead atoms. The molecule has 3 nitrogen and oxygen atoms in total. The van der Waals surface area contributed by atoms with Crippen molar-refractivity contribution in [3.63, 3.8) is 0 Å². The summed E-state index contributed by atoms with van der Waals surface area (Å²) in [7, 11) is 3.25. The third kappa shape index (κ3) is 729. The second-order valence-corrected chi connectivity index (χ2v) is 1.74. The zero-order chi connectivity index (χ0) is 11.7. The highest BCUT2D eigenvalue weighted by molar-refractivity contribution is 5.62. The van der Waals surface area contributed by atoms with Crippen molar-refractivity contribution in [1.82, 2.24) is 0 Å². The predicted molar refractivity (Wildman–Crippen MR) is 58.0 cm³/mol. The zero-order valence-corrected chi connectivity index (χ0v) is 9.33. The number of carbonyl (C=O) groups is 1. The van der Waals surface area contributed by atoms with Gasteiger partial charge in [0.25, 0.3) is 5.97 Å². The summed E-state index contributed by atoms with van der Waals surface area (Å²) in [5, 5.41) is 7.42. The highest BCUT2D eigenvalue weighted by Gasteiger charge is 1.65. The van der Waals surface area contributed by atoms with Crippen LogP contribution in [0.5, 0.6) is 0 Å². The number of carboxylic acid groups (broad SMARTS) is 1. The average Bonchev–Trinajstić information content (AvgIpc) is 1.88. The fourth-order valence-electron chi connectivity index (χ4n) is 0. The number of hydrogen-bond acceptors (Lipinski definition) is 2. The van der Waals surface area contributed by atoms with Gasteiger partial charge in [0.1, 0.15) is 0 Å². The van der Waals surface area contributed by atoms with Gasteiger partial charge in [-0.3, -0.25) is 4.79 Å². The van der Waals surface area contributed by atoms with E-state index in [1.165, 1.54) is 0 Å². The van der Waals surface area contributed by atoms with Gasteiger partial charge in [-0.05, 0) is 13.8 Å². The second kappa shape index (κ2) is 44.4. The quantitative estimate of drug-likeness (QED) is 0.597. The Kier molecular flexibility index (Phi) is 77.5. The van der Waals surface area contributed by atoms with Crippen LogP contribution in [0, 0.1) is 0 Å². The van der Waals surface area contributed by atoms with Crippen LogP contribution in [0.15, 0.2) is 25.3 Å². The van der Waals surface area contributed by atoms with Crippen molar-refractivity contribution >= 4 is 5.97 Å². The van der Waals surface area contributed by atoms with Gasteiger partial charge >= 0.3 is 0 Å². The minimum Gasteiger partial charge on any atom is -0.481 e. The van der Waals surface area contributed by atoms with Gasteiger partial charge in [-0.15, -0.1) is 13.2 Å². The Morgan fingerprint density at radius 3 is 1.23 bits per heavy atom. The topological polar surface area (TPSA) is 46.5 Å². The van der Waals surface area contributed by atoms with Crippen LogP contribution in [0.2, 0.25) is 0 Å². The van der Waals surface area contributed by atoms with Gasteiger partial charge in [-0.2, -0.15) is 0 Å². The zero-order valence-electron chi connectivity index (χ0n) is 9.33. The molecule has 0 unspecified atom stereocenters. The van der Waals surface area contributed by atoms with E-state index in [2.05, 4.69) is 17.9 Å². The molecule has 0 heterocycles. The van der Waals surface area contributed by atoms with E-state index in [-0.39, 0.29) is 0 Å². The fourth-order valence-corrected chi connectivity index (χ4v) is 0. The third-order valence-electron chi connectivity index (χ3n) is 0. The van der Waals surface area contributed by atoms with Crippen molar-refractivity contribution < 1.29 is 14.6 Å². The van der Waals surface area contributed by atoms with Gasteiger partial charge in [0.15, 0.2) is 0 Å². The van der Waals surface area contributed by atoms with Crippen molar-refractivity contribution in [3.05, 3.63) is 25.3 Å². The minimum absolute atomic E-state index is 0.833. The van der Waals surface area contributed by atoms with E-state index in [1.54, 1.807) is 26.4 Å². The first-order valence-corrected chi connectivity index (χ1v) is 3.72. The molecule has 0 aromatic carbocycles. The standard InChI is InChI=1S/2C3H6.C2H4O2.C2H6O/c2*1-3-2;1-2(3)4;1-3-2/h2*3H,1H2,2H3;1H3,(H,3,4);1-2H3. The number of allylic oxidation sites excluding steroid dienone is 2. The Balaban J connectivity index is -0.0000000420. The van der Waals surface area contributed by atoms with Crippen LogP contribution in [-0.2, 0) is 9.53 Å². The van der Waals surface area contributed by atoms with Crippen LogP contribution in [0.1, 0.15) is 20.8 Å². The summed E-state index contributed by atoms with van der Waals surface area (Å²) in [4.78, 5) is 9.00. The molecule has 0 aliphatic carbocycles. The van der Waals surface area contributed by atoms with E-state index in [0.717, 1.165) is 6.92 Å². The third-order valence-corrected chi connectivity index (χ3v) is 0. The van der Waals surface area contributed by atoms with Crippen molar-refractivity contribution in [2.75, 3.05) is 14.2 Å². The van der Waals surface area contributed by atoms with E-state index in [0.29, 0.717) is 0 Å². The summed E-state index contributed by atoms with van der Waals surface area (Å²) in [5.74, 6) is -0.833. The molecule has 0 atom stereocenters. The minimum atomic E-state index is -0.833. The predicted octanol–water partition coefficient (Wildman–Crippen LogP) is 2.74. The first kappa shape index (κ1) is 22.7. The molecule has 0 aliphatic rings. The first-order valence-electron chi connectivity index (χ1n) is 3.72. The summed E-state index contributed by atoms with van der Waals surface area (Å²) >= 11 is 0. The van der Waals surface area contributed by atoms with Crippen molar-refractivity contribution in [1.29, 1.82) is 0 Å². The highest BCUT2D eigenvalue weighted by atomic mass is 16.4.